The summed E-state index contributed by atoms with van der Waals surface area (Å²) in [6.45, 7) is 2.12. The summed E-state index contributed by atoms with van der Waals surface area (Å²) in [5.41, 5.74) is 3.92. The van der Waals surface area contributed by atoms with Gasteiger partial charge in [0.1, 0.15) is 6.61 Å². The first-order valence-electron chi connectivity index (χ1n) is 5.22. The van der Waals surface area contributed by atoms with Crippen LogP contribution in [0.2, 0.25) is 0 Å². The Balaban J connectivity index is 1.91. The van der Waals surface area contributed by atoms with E-state index in [1.165, 1.54) is 5.01 Å². The third-order valence-corrected chi connectivity index (χ3v) is 2.54. The zero-order chi connectivity index (χ0) is 11.4. The quantitative estimate of drug-likeness (QED) is 0.696. The Morgan fingerprint density at radius 1 is 1.69 bits per heavy atom. The van der Waals surface area contributed by atoms with Crippen LogP contribution in [-0.4, -0.2) is 50.7 Å². The molecule has 0 saturated carbocycles. The molecule has 0 aromatic carbocycles. The highest BCUT2D eigenvalue weighted by molar-refractivity contribution is 5.77. The van der Waals surface area contributed by atoms with Crippen molar-refractivity contribution in [3.8, 4) is 0 Å². The Labute approximate surface area is 93.9 Å². The molecular formula is C10H15N3O3. The molecule has 0 bridgehead atoms. The number of ether oxygens (including phenoxy) is 2. The maximum Gasteiger partial charge on any atom is 0.428 e. The van der Waals surface area contributed by atoms with Crippen LogP contribution in [0.1, 0.15) is 0 Å². The number of nitrogens with one attached hydrogen (secondary N) is 1. The average Bonchev–Trinajstić information content (AvgIpc) is 2.73. The lowest BCUT2D eigenvalue weighted by atomic mass is 10.1. The standard InChI is InChI=1S/C10H15N3O3/c1-15-4-5-16-10(14)13-9-2-3-11-6-8(9)7-12-13/h2-3,8,12H,4-7H2,1H3. The Hall–Kier alpha value is -1.40. The number of nitrogens with zero attached hydrogens (tertiary/aromatic N) is 2. The molecule has 6 nitrogen and oxygen atoms in total. The maximum absolute atomic E-state index is 11.7. The van der Waals surface area contributed by atoms with Crippen molar-refractivity contribution in [1.82, 2.24) is 10.4 Å². The highest BCUT2D eigenvalue weighted by Gasteiger charge is 2.33. The topological polar surface area (TPSA) is 63.2 Å². The van der Waals surface area contributed by atoms with Gasteiger partial charge in [-0.1, -0.05) is 0 Å². The van der Waals surface area contributed by atoms with E-state index in [0.717, 1.165) is 18.8 Å². The monoisotopic (exact) mass is 225 g/mol. The molecule has 1 saturated heterocycles. The number of rotatable bonds is 3. The first kappa shape index (κ1) is 11.1. The number of methoxy groups -OCH3 is 1. The van der Waals surface area contributed by atoms with E-state index < -0.39 is 0 Å². The Morgan fingerprint density at radius 3 is 3.38 bits per heavy atom. The van der Waals surface area contributed by atoms with Crippen LogP contribution in [0.4, 0.5) is 4.79 Å². The molecule has 0 aromatic rings. The molecule has 1 unspecified atom stereocenters. The van der Waals surface area contributed by atoms with Crippen molar-refractivity contribution in [1.29, 1.82) is 0 Å². The van der Waals surface area contributed by atoms with Gasteiger partial charge in [-0.15, -0.1) is 0 Å². The van der Waals surface area contributed by atoms with Crippen LogP contribution in [0.25, 0.3) is 0 Å². The maximum atomic E-state index is 11.7. The molecule has 88 valence electrons. The number of aliphatic imine (C=N–C) groups is 1. The summed E-state index contributed by atoms with van der Waals surface area (Å²) in [6.07, 6.45) is 3.17. The van der Waals surface area contributed by atoms with Gasteiger partial charge in [0.25, 0.3) is 0 Å². The van der Waals surface area contributed by atoms with Crippen molar-refractivity contribution in [2.24, 2.45) is 10.9 Å². The van der Waals surface area contributed by atoms with Crippen LogP contribution >= 0.6 is 0 Å². The van der Waals surface area contributed by atoms with Crippen LogP contribution in [0.5, 0.6) is 0 Å². The predicted octanol–water partition coefficient (Wildman–Crippen LogP) is 0.174. The molecule has 2 aliphatic heterocycles. The van der Waals surface area contributed by atoms with Crippen molar-refractivity contribution in [3.63, 3.8) is 0 Å². The van der Waals surface area contributed by atoms with Gasteiger partial charge in [-0.2, -0.15) is 0 Å². The summed E-state index contributed by atoms with van der Waals surface area (Å²) in [5, 5.41) is 1.45. The van der Waals surface area contributed by atoms with Crippen molar-refractivity contribution < 1.29 is 14.3 Å². The lowest BCUT2D eigenvalue weighted by molar-refractivity contribution is 0.0735. The molecule has 1 atom stereocenters. The fraction of sp³-hybridized carbons (Fsp3) is 0.600. The average molecular weight is 225 g/mol. The predicted molar refractivity (Wildman–Crippen MR) is 58.0 cm³/mol. The second kappa shape index (κ2) is 5.09. The first-order chi connectivity index (χ1) is 7.83. The molecule has 0 radical (unpaired) electrons. The van der Waals surface area contributed by atoms with Crippen molar-refractivity contribution >= 4 is 12.3 Å². The summed E-state index contributed by atoms with van der Waals surface area (Å²) < 4.78 is 9.84. The molecule has 0 aromatic heterocycles. The largest absolute Gasteiger partial charge is 0.446 e. The summed E-state index contributed by atoms with van der Waals surface area (Å²) in [7, 11) is 1.57. The molecule has 1 amide bonds. The van der Waals surface area contributed by atoms with E-state index in [1.54, 1.807) is 13.3 Å². The molecule has 16 heavy (non-hydrogen) atoms. The molecule has 2 aliphatic rings. The van der Waals surface area contributed by atoms with Crippen LogP contribution < -0.4 is 5.43 Å². The van der Waals surface area contributed by atoms with E-state index in [2.05, 4.69) is 10.4 Å². The summed E-state index contributed by atoms with van der Waals surface area (Å²) in [5.74, 6) is 0.278. The number of hydrazine groups is 1. The van der Waals surface area contributed by atoms with E-state index in [-0.39, 0.29) is 18.6 Å². The zero-order valence-corrected chi connectivity index (χ0v) is 9.18. The molecular weight excluding hydrogens is 210 g/mol. The van der Waals surface area contributed by atoms with Gasteiger partial charge in [-0.3, -0.25) is 4.99 Å². The number of allylic oxidation sites excluding steroid dienone is 1. The van der Waals surface area contributed by atoms with Crippen LogP contribution in [-0.2, 0) is 9.47 Å². The second-order valence-corrected chi connectivity index (χ2v) is 3.61. The molecule has 0 spiro atoms. The number of carbonyl (C=O) groups excluding carboxylic acids is 1. The van der Waals surface area contributed by atoms with Gasteiger partial charge in [0.2, 0.25) is 0 Å². The SMILES string of the molecule is COCCOC(=O)N1NCC2CN=CC=C21. The third kappa shape index (κ3) is 2.23. The van der Waals surface area contributed by atoms with Crippen LogP contribution in [0.3, 0.4) is 0 Å². The first-order valence-corrected chi connectivity index (χ1v) is 5.22. The summed E-state index contributed by atoms with van der Waals surface area (Å²) >= 11 is 0. The van der Waals surface area contributed by atoms with Gasteiger partial charge in [0, 0.05) is 38.0 Å². The van der Waals surface area contributed by atoms with Crippen molar-refractivity contribution in [2.45, 2.75) is 0 Å². The fourth-order valence-corrected chi connectivity index (χ4v) is 1.71. The molecule has 0 aliphatic carbocycles. The Bertz CT molecular complexity index is 327. The smallest absolute Gasteiger partial charge is 0.428 e. The molecule has 2 rings (SSSR count). The van der Waals surface area contributed by atoms with E-state index in [1.807, 2.05) is 6.08 Å². The summed E-state index contributed by atoms with van der Waals surface area (Å²) in [4.78, 5) is 15.8. The van der Waals surface area contributed by atoms with E-state index in [4.69, 9.17) is 9.47 Å². The van der Waals surface area contributed by atoms with Gasteiger partial charge in [0.05, 0.1) is 6.61 Å². The molecule has 1 N–H and O–H groups in total. The van der Waals surface area contributed by atoms with Gasteiger partial charge < -0.3 is 9.47 Å². The molecule has 2 heterocycles. The lowest BCUT2D eigenvalue weighted by Gasteiger charge is -2.19. The van der Waals surface area contributed by atoms with E-state index in [0.29, 0.717) is 6.61 Å². The van der Waals surface area contributed by atoms with E-state index >= 15 is 0 Å². The Morgan fingerprint density at radius 2 is 2.56 bits per heavy atom. The minimum atomic E-state index is -0.388. The van der Waals surface area contributed by atoms with E-state index in [9.17, 15) is 4.79 Å². The van der Waals surface area contributed by atoms with Crippen LogP contribution in [0, 0.1) is 5.92 Å². The minimum Gasteiger partial charge on any atom is -0.446 e. The minimum absolute atomic E-state index is 0.263. The van der Waals surface area contributed by atoms with Crippen LogP contribution in [0.15, 0.2) is 16.8 Å². The number of carbonyl (C=O) groups is 1. The number of amides is 1. The van der Waals surface area contributed by atoms with Gasteiger partial charge in [-0.05, 0) is 6.08 Å². The highest BCUT2D eigenvalue weighted by Crippen LogP contribution is 2.23. The van der Waals surface area contributed by atoms with Crippen molar-refractivity contribution in [3.05, 3.63) is 11.8 Å². The second-order valence-electron chi connectivity index (χ2n) is 3.61. The van der Waals surface area contributed by atoms with Gasteiger partial charge in [0.15, 0.2) is 0 Å². The number of fused-ring (bicyclic) bond motifs is 1. The van der Waals surface area contributed by atoms with Gasteiger partial charge in [-0.25, -0.2) is 15.2 Å². The van der Waals surface area contributed by atoms with Gasteiger partial charge >= 0.3 is 6.09 Å². The number of hydrogen-bond donors (Lipinski definition) is 1. The summed E-state index contributed by atoms with van der Waals surface area (Å²) in [6, 6.07) is 0. The fourth-order valence-electron chi connectivity index (χ4n) is 1.71. The number of hydrogen-bond acceptors (Lipinski definition) is 5. The Kier molecular flexibility index (Phi) is 3.53. The number of dihydropyridines is 1. The third-order valence-electron chi connectivity index (χ3n) is 2.54. The zero-order valence-electron chi connectivity index (χ0n) is 9.18. The normalized spacial score (nSPS) is 22.9. The lowest BCUT2D eigenvalue weighted by Crippen LogP contribution is -2.37. The molecule has 1 fully saturated rings. The molecule has 6 heteroatoms. The van der Waals surface area contributed by atoms with Crippen molar-refractivity contribution in [2.75, 3.05) is 33.4 Å². The highest BCUT2D eigenvalue weighted by atomic mass is 16.6.